The highest BCUT2D eigenvalue weighted by Crippen LogP contribution is 2.40. The van der Waals surface area contributed by atoms with Gasteiger partial charge in [-0.25, -0.2) is 9.78 Å². The van der Waals surface area contributed by atoms with E-state index in [0.717, 1.165) is 16.7 Å². The van der Waals surface area contributed by atoms with Crippen molar-refractivity contribution in [2.75, 3.05) is 11.1 Å². The van der Waals surface area contributed by atoms with Crippen molar-refractivity contribution >= 4 is 29.3 Å². The van der Waals surface area contributed by atoms with E-state index < -0.39 is 12.3 Å². The minimum Gasteiger partial charge on any atom is -0.478 e. The van der Waals surface area contributed by atoms with Gasteiger partial charge in [0.05, 0.1) is 24.4 Å². The van der Waals surface area contributed by atoms with Crippen molar-refractivity contribution < 1.29 is 29.3 Å². The van der Waals surface area contributed by atoms with E-state index in [2.05, 4.69) is 10.3 Å². The summed E-state index contributed by atoms with van der Waals surface area (Å²) in [7, 11) is 0. The predicted molar refractivity (Wildman–Crippen MR) is 151 cm³/mol. The average Bonchev–Trinajstić information content (AvgIpc) is 3.00. The monoisotopic (exact) mass is 556 g/mol. The topological polar surface area (TPSA) is 118 Å². The molecule has 3 N–H and O–H groups in total. The summed E-state index contributed by atoms with van der Waals surface area (Å²) in [5, 5.41) is 22.3. The molecular formula is C31H28N2O6S. The van der Waals surface area contributed by atoms with Gasteiger partial charge in [0, 0.05) is 35.2 Å². The summed E-state index contributed by atoms with van der Waals surface area (Å²) in [6.45, 7) is -0.0473. The van der Waals surface area contributed by atoms with Crippen molar-refractivity contribution in [1.29, 1.82) is 0 Å². The number of nitrogens with zero attached hydrogens (tertiary/aromatic N) is 1. The Balaban J connectivity index is 1.37. The summed E-state index contributed by atoms with van der Waals surface area (Å²) in [6.07, 6.45) is 0.808. The number of ether oxygens (including phenoxy) is 2. The van der Waals surface area contributed by atoms with Gasteiger partial charge < -0.3 is 25.0 Å². The molecule has 3 aromatic carbocycles. The molecule has 0 unspecified atom stereocenters. The van der Waals surface area contributed by atoms with Gasteiger partial charge >= 0.3 is 5.97 Å². The number of aliphatic hydroxyl groups is 1. The molecule has 1 aliphatic heterocycles. The van der Waals surface area contributed by atoms with Crippen LogP contribution in [0, 0.1) is 0 Å². The lowest BCUT2D eigenvalue weighted by Gasteiger charge is -2.36. The Labute approximate surface area is 236 Å². The number of aromatic nitrogens is 1. The molecule has 3 atom stereocenters. The number of hydrogen-bond acceptors (Lipinski definition) is 7. The number of pyridine rings is 1. The number of aromatic carboxylic acids is 1. The second-order valence-corrected chi connectivity index (χ2v) is 10.3. The summed E-state index contributed by atoms with van der Waals surface area (Å²) >= 11 is 1.33. The molecule has 0 radical (unpaired) electrons. The first-order valence-corrected chi connectivity index (χ1v) is 13.8. The van der Waals surface area contributed by atoms with Gasteiger partial charge in [-0.2, -0.15) is 0 Å². The van der Waals surface area contributed by atoms with Crippen LogP contribution in [0.15, 0.2) is 102 Å². The third-order valence-electron chi connectivity index (χ3n) is 6.48. The van der Waals surface area contributed by atoms with E-state index in [-0.39, 0.29) is 30.3 Å². The van der Waals surface area contributed by atoms with E-state index in [0.29, 0.717) is 28.5 Å². The molecule has 204 valence electrons. The Hall–Kier alpha value is -4.02. The summed E-state index contributed by atoms with van der Waals surface area (Å²) in [4.78, 5) is 28.6. The predicted octanol–water partition coefficient (Wildman–Crippen LogP) is 5.86. The fraction of sp³-hybridized carbons (Fsp3) is 0.194. The van der Waals surface area contributed by atoms with E-state index in [9.17, 15) is 19.8 Å². The molecule has 0 bridgehead atoms. The minimum absolute atomic E-state index is 0.0473. The number of anilines is 1. The van der Waals surface area contributed by atoms with E-state index in [1.54, 1.807) is 30.5 Å². The van der Waals surface area contributed by atoms with Gasteiger partial charge in [-0.05, 0) is 47.5 Å². The van der Waals surface area contributed by atoms with Crippen LogP contribution in [-0.2, 0) is 16.1 Å². The van der Waals surface area contributed by atoms with E-state index in [1.165, 1.54) is 17.8 Å². The fourth-order valence-electron chi connectivity index (χ4n) is 4.42. The van der Waals surface area contributed by atoms with Crippen molar-refractivity contribution in [1.82, 2.24) is 4.98 Å². The number of thioether (sulfide) groups is 1. The van der Waals surface area contributed by atoms with Gasteiger partial charge in [-0.15, -0.1) is 11.8 Å². The van der Waals surface area contributed by atoms with E-state index in [1.807, 2.05) is 60.7 Å². The standard InChI is InChI=1S/C31H28N2O6S/c34-18-20-11-13-21(14-12-20)27-17-25(19-40-29-26(30(36)37)10-5-15-32-29)38-31(39-27)23-8-4-9-24(16-23)33-28(35)22-6-2-1-3-7-22/h1-16,25,27,31,34H,17-19H2,(H,33,35)(H,36,37)/t25-,27+,31+/m0/s1. The fourth-order valence-corrected chi connectivity index (χ4v) is 5.42. The molecule has 0 spiro atoms. The zero-order valence-electron chi connectivity index (χ0n) is 21.5. The van der Waals surface area contributed by atoms with Gasteiger partial charge in [0.1, 0.15) is 5.03 Å². The van der Waals surface area contributed by atoms with Gasteiger partial charge in [-0.1, -0.05) is 54.6 Å². The molecule has 8 nitrogen and oxygen atoms in total. The highest BCUT2D eigenvalue weighted by atomic mass is 32.2. The quantitative estimate of drug-likeness (QED) is 0.219. The molecule has 0 saturated carbocycles. The van der Waals surface area contributed by atoms with Crippen molar-refractivity contribution in [3.8, 4) is 0 Å². The van der Waals surface area contributed by atoms with Crippen LogP contribution < -0.4 is 5.32 Å². The van der Waals surface area contributed by atoms with E-state index in [4.69, 9.17) is 9.47 Å². The smallest absolute Gasteiger partial charge is 0.338 e. The van der Waals surface area contributed by atoms with Gasteiger partial charge in [0.2, 0.25) is 0 Å². The highest BCUT2D eigenvalue weighted by molar-refractivity contribution is 7.99. The normalized spacial score (nSPS) is 18.7. The van der Waals surface area contributed by atoms with Crippen molar-refractivity contribution in [2.45, 2.75) is 36.6 Å². The van der Waals surface area contributed by atoms with Crippen LogP contribution in [-0.4, -0.2) is 38.9 Å². The minimum atomic E-state index is -1.03. The van der Waals surface area contributed by atoms with Crippen LogP contribution in [0.1, 0.15) is 56.2 Å². The van der Waals surface area contributed by atoms with Crippen molar-refractivity contribution in [2.24, 2.45) is 0 Å². The number of nitrogens with one attached hydrogen (secondary N) is 1. The number of amides is 1. The third-order valence-corrected chi connectivity index (χ3v) is 7.61. The van der Waals surface area contributed by atoms with Crippen molar-refractivity contribution in [3.63, 3.8) is 0 Å². The molecule has 9 heteroatoms. The molecule has 1 aliphatic rings. The first-order valence-electron chi connectivity index (χ1n) is 12.8. The van der Waals surface area contributed by atoms with Crippen LogP contribution in [0.2, 0.25) is 0 Å². The second-order valence-electron chi connectivity index (χ2n) is 9.27. The Kier molecular flexibility index (Phi) is 8.87. The third kappa shape index (κ3) is 6.75. The summed E-state index contributed by atoms with van der Waals surface area (Å²) in [6, 6.07) is 27.0. The number of rotatable bonds is 9. The van der Waals surface area contributed by atoms with Crippen LogP contribution in [0.5, 0.6) is 0 Å². The second kappa shape index (κ2) is 12.9. The number of carbonyl (C=O) groups excluding carboxylic acids is 1. The van der Waals surface area contributed by atoms with Gasteiger partial charge in [0.25, 0.3) is 5.91 Å². The SMILES string of the molecule is O=C(Nc1cccc([C@@H]2O[C@H](CSc3ncccc3C(=O)O)C[C@H](c3ccc(CO)cc3)O2)c1)c1ccccc1. The number of hydrogen-bond donors (Lipinski definition) is 3. The zero-order valence-corrected chi connectivity index (χ0v) is 22.3. The number of aliphatic hydroxyl groups excluding tert-OH is 1. The maximum atomic E-state index is 12.7. The van der Waals surface area contributed by atoms with Crippen molar-refractivity contribution in [3.05, 3.63) is 125 Å². The first-order chi connectivity index (χ1) is 19.5. The summed E-state index contributed by atoms with van der Waals surface area (Å²) in [5.41, 5.74) is 3.79. The highest BCUT2D eigenvalue weighted by Gasteiger charge is 2.33. The Morgan fingerprint density at radius 1 is 0.925 bits per heavy atom. The number of carboxylic acids is 1. The Morgan fingerprint density at radius 3 is 2.48 bits per heavy atom. The number of carboxylic acid groups (broad SMARTS) is 1. The molecule has 4 aromatic rings. The molecule has 2 heterocycles. The zero-order chi connectivity index (χ0) is 27.9. The Bertz CT molecular complexity index is 1460. The summed E-state index contributed by atoms with van der Waals surface area (Å²) in [5.74, 6) is -0.783. The molecule has 1 fully saturated rings. The van der Waals surface area contributed by atoms with Crippen LogP contribution in [0.4, 0.5) is 5.69 Å². The molecular weight excluding hydrogens is 528 g/mol. The number of carbonyl (C=O) groups is 2. The molecule has 0 aliphatic carbocycles. The lowest BCUT2D eigenvalue weighted by atomic mass is 10.0. The molecule has 1 amide bonds. The van der Waals surface area contributed by atoms with Gasteiger partial charge in [-0.3, -0.25) is 4.79 Å². The lowest BCUT2D eigenvalue weighted by molar-refractivity contribution is -0.245. The summed E-state index contributed by atoms with van der Waals surface area (Å²) < 4.78 is 12.8. The average molecular weight is 557 g/mol. The largest absolute Gasteiger partial charge is 0.478 e. The molecule has 40 heavy (non-hydrogen) atoms. The first kappa shape index (κ1) is 27.5. The molecule has 1 saturated heterocycles. The van der Waals surface area contributed by atoms with E-state index >= 15 is 0 Å². The van der Waals surface area contributed by atoms with Crippen LogP contribution >= 0.6 is 11.8 Å². The maximum Gasteiger partial charge on any atom is 0.338 e. The maximum absolute atomic E-state index is 12.7. The molecule has 5 rings (SSSR count). The number of benzene rings is 3. The molecule has 1 aromatic heterocycles. The lowest BCUT2D eigenvalue weighted by Crippen LogP contribution is -2.31. The van der Waals surface area contributed by atoms with Gasteiger partial charge in [0.15, 0.2) is 6.29 Å². The van der Waals surface area contributed by atoms with Crippen LogP contribution in [0.3, 0.4) is 0 Å². The Morgan fingerprint density at radius 2 is 1.73 bits per heavy atom. The van der Waals surface area contributed by atoms with Crippen LogP contribution in [0.25, 0.3) is 0 Å².